The molecule has 114 valence electrons. The second kappa shape index (κ2) is 9.43. The van der Waals surface area contributed by atoms with Gasteiger partial charge in [-0.25, -0.2) is 0 Å². The first kappa shape index (κ1) is 17.5. The molecule has 0 heterocycles. The van der Waals surface area contributed by atoms with Crippen LogP contribution in [-0.4, -0.2) is 6.54 Å². The van der Waals surface area contributed by atoms with Gasteiger partial charge in [-0.3, -0.25) is 0 Å². The van der Waals surface area contributed by atoms with Gasteiger partial charge in [-0.1, -0.05) is 48.9 Å². The third-order valence-corrected chi connectivity index (χ3v) is 3.21. The van der Waals surface area contributed by atoms with Crippen molar-refractivity contribution in [2.24, 2.45) is 0 Å². The van der Waals surface area contributed by atoms with Crippen molar-refractivity contribution in [3.05, 3.63) is 65.2 Å². The third-order valence-electron chi connectivity index (χ3n) is 3.21. The number of ether oxygens (including phenoxy) is 1. The Morgan fingerprint density at radius 3 is 2.14 bits per heavy atom. The zero-order valence-corrected chi connectivity index (χ0v) is 13.6. The summed E-state index contributed by atoms with van der Waals surface area (Å²) in [7, 11) is 0. The fourth-order valence-corrected chi connectivity index (χ4v) is 1.96. The van der Waals surface area contributed by atoms with E-state index in [2.05, 4.69) is 55.6 Å². The molecule has 0 fully saturated rings. The average Bonchev–Trinajstić information content (AvgIpc) is 2.48. The summed E-state index contributed by atoms with van der Waals surface area (Å²) in [6.45, 7) is 6.87. The number of halogens is 1. The van der Waals surface area contributed by atoms with Gasteiger partial charge in [-0.2, -0.15) is 0 Å². The van der Waals surface area contributed by atoms with Crippen molar-refractivity contribution >= 4 is 12.4 Å². The molecule has 0 unspecified atom stereocenters. The monoisotopic (exact) mass is 305 g/mol. The number of aryl methyl sites for hydroxylation is 1. The lowest BCUT2D eigenvalue weighted by molar-refractivity contribution is 0.306. The predicted molar refractivity (Wildman–Crippen MR) is 91.2 cm³/mol. The highest BCUT2D eigenvalue weighted by Gasteiger charge is 1.97. The van der Waals surface area contributed by atoms with Gasteiger partial charge in [0, 0.05) is 6.54 Å². The van der Waals surface area contributed by atoms with Crippen LogP contribution in [-0.2, 0) is 13.2 Å². The molecule has 0 amide bonds. The number of nitrogens with one attached hydrogen (secondary N) is 1. The quantitative estimate of drug-likeness (QED) is 0.761. The number of hydrogen-bond acceptors (Lipinski definition) is 2. The average molecular weight is 306 g/mol. The second-order valence-electron chi connectivity index (χ2n) is 5.10. The molecule has 0 aliphatic heterocycles. The first-order valence-corrected chi connectivity index (χ1v) is 7.26. The second-order valence-corrected chi connectivity index (χ2v) is 5.10. The lowest BCUT2D eigenvalue weighted by Crippen LogP contribution is -2.13. The maximum absolute atomic E-state index is 5.79. The molecule has 0 aromatic heterocycles. The van der Waals surface area contributed by atoms with E-state index in [0.717, 1.165) is 25.3 Å². The molecule has 0 bridgehead atoms. The van der Waals surface area contributed by atoms with Gasteiger partial charge in [0.15, 0.2) is 0 Å². The van der Waals surface area contributed by atoms with Crippen LogP contribution in [0.25, 0.3) is 0 Å². The van der Waals surface area contributed by atoms with Gasteiger partial charge < -0.3 is 10.1 Å². The standard InChI is InChI=1S/C18H23NO.ClH/c1-3-12-19-13-16-8-10-18(11-9-16)20-14-17-6-4-15(2)5-7-17;/h4-11,19H,3,12-14H2,1-2H3;1H. The van der Waals surface area contributed by atoms with E-state index in [4.69, 9.17) is 4.74 Å². The fourth-order valence-electron chi connectivity index (χ4n) is 1.96. The Morgan fingerprint density at radius 2 is 1.52 bits per heavy atom. The third kappa shape index (κ3) is 6.19. The molecule has 0 radical (unpaired) electrons. The number of rotatable bonds is 7. The summed E-state index contributed by atoms with van der Waals surface area (Å²) in [6.07, 6.45) is 1.16. The van der Waals surface area contributed by atoms with Crippen molar-refractivity contribution in [3.8, 4) is 5.75 Å². The minimum Gasteiger partial charge on any atom is -0.489 e. The minimum atomic E-state index is 0. The minimum absolute atomic E-state index is 0. The van der Waals surface area contributed by atoms with Gasteiger partial charge in [-0.15, -0.1) is 12.4 Å². The molecule has 0 spiro atoms. The van der Waals surface area contributed by atoms with Crippen molar-refractivity contribution in [2.45, 2.75) is 33.4 Å². The van der Waals surface area contributed by atoms with Crippen molar-refractivity contribution in [2.75, 3.05) is 6.54 Å². The van der Waals surface area contributed by atoms with E-state index in [0.29, 0.717) is 6.61 Å². The van der Waals surface area contributed by atoms with E-state index >= 15 is 0 Å². The molecule has 0 aliphatic rings. The molecule has 0 saturated carbocycles. The molecule has 0 aliphatic carbocycles. The van der Waals surface area contributed by atoms with E-state index < -0.39 is 0 Å². The van der Waals surface area contributed by atoms with Crippen LogP contribution in [0.5, 0.6) is 5.75 Å². The molecule has 2 nitrogen and oxygen atoms in total. The van der Waals surface area contributed by atoms with Crippen molar-refractivity contribution in [3.63, 3.8) is 0 Å². The lowest BCUT2D eigenvalue weighted by Gasteiger charge is -2.08. The Kier molecular flexibility index (Phi) is 7.88. The predicted octanol–water partition coefficient (Wildman–Crippen LogP) is 4.50. The van der Waals surface area contributed by atoms with E-state index in [1.165, 1.54) is 16.7 Å². The Bertz CT molecular complexity index is 508. The van der Waals surface area contributed by atoms with Crippen molar-refractivity contribution in [1.82, 2.24) is 5.32 Å². The molecule has 2 aromatic carbocycles. The zero-order chi connectivity index (χ0) is 14.2. The molecular weight excluding hydrogens is 282 g/mol. The summed E-state index contributed by atoms with van der Waals surface area (Å²) in [6, 6.07) is 16.8. The molecule has 21 heavy (non-hydrogen) atoms. The van der Waals surface area contributed by atoms with Gasteiger partial charge in [0.05, 0.1) is 0 Å². The summed E-state index contributed by atoms with van der Waals surface area (Å²) >= 11 is 0. The van der Waals surface area contributed by atoms with Gasteiger partial charge in [0.25, 0.3) is 0 Å². The zero-order valence-electron chi connectivity index (χ0n) is 12.8. The normalized spacial score (nSPS) is 10.0. The molecule has 2 rings (SSSR count). The first-order valence-electron chi connectivity index (χ1n) is 7.26. The van der Waals surface area contributed by atoms with Crippen LogP contribution in [0.15, 0.2) is 48.5 Å². The number of hydrogen-bond donors (Lipinski definition) is 1. The highest BCUT2D eigenvalue weighted by Crippen LogP contribution is 2.14. The summed E-state index contributed by atoms with van der Waals surface area (Å²) in [5.41, 5.74) is 3.77. The Morgan fingerprint density at radius 1 is 0.905 bits per heavy atom. The van der Waals surface area contributed by atoms with Gasteiger partial charge >= 0.3 is 0 Å². The first-order chi connectivity index (χ1) is 9.78. The maximum atomic E-state index is 5.79. The summed E-state index contributed by atoms with van der Waals surface area (Å²) in [5.74, 6) is 0.921. The van der Waals surface area contributed by atoms with Crippen LogP contribution in [0.4, 0.5) is 0 Å². The van der Waals surface area contributed by atoms with Gasteiger partial charge in [-0.05, 0) is 43.1 Å². The Labute approximate surface area is 133 Å². The van der Waals surface area contributed by atoms with Gasteiger partial charge in [0.2, 0.25) is 0 Å². The van der Waals surface area contributed by atoms with Crippen LogP contribution < -0.4 is 10.1 Å². The topological polar surface area (TPSA) is 21.3 Å². The summed E-state index contributed by atoms with van der Waals surface area (Å²) in [4.78, 5) is 0. The molecule has 0 atom stereocenters. The van der Waals surface area contributed by atoms with E-state index in [9.17, 15) is 0 Å². The molecule has 0 saturated heterocycles. The Balaban J connectivity index is 0.00000220. The van der Waals surface area contributed by atoms with Gasteiger partial charge in [0.1, 0.15) is 12.4 Å². The van der Waals surface area contributed by atoms with E-state index in [1.807, 2.05) is 12.1 Å². The van der Waals surface area contributed by atoms with Crippen molar-refractivity contribution < 1.29 is 4.74 Å². The molecule has 3 heteroatoms. The molecular formula is C18H24ClNO. The lowest BCUT2D eigenvalue weighted by atomic mass is 10.2. The van der Waals surface area contributed by atoms with Crippen LogP contribution in [0.2, 0.25) is 0 Å². The van der Waals surface area contributed by atoms with E-state index in [1.54, 1.807) is 0 Å². The smallest absolute Gasteiger partial charge is 0.119 e. The molecule has 1 N–H and O–H groups in total. The van der Waals surface area contributed by atoms with Crippen LogP contribution in [0.3, 0.4) is 0 Å². The Hall–Kier alpha value is -1.51. The highest BCUT2D eigenvalue weighted by atomic mass is 35.5. The summed E-state index contributed by atoms with van der Waals surface area (Å²) < 4.78 is 5.79. The number of benzene rings is 2. The van der Waals surface area contributed by atoms with Crippen molar-refractivity contribution in [1.29, 1.82) is 0 Å². The maximum Gasteiger partial charge on any atom is 0.119 e. The largest absolute Gasteiger partial charge is 0.489 e. The molecule has 2 aromatic rings. The summed E-state index contributed by atoms with van der Waals surface area (Å²) in [5, 5.41) is 3.39. The van der Waals surface area contributed by atoms with Crippen LogP contribution in [0.1, 0.15) is 30.0 Å². The fraction of sp³-hybridized carbons (Fsp3) is 0.333. The van der Waals surface area contributed by atoms with Crippen LogP contribution in [0, 0.1) is 6.92 Å². The van der Waals surface area contributed by atoms with Crippen LogP contribution >= 0.6 is 12.4 Å². The van der Waals surface area contributed by atoms with E-state index in [-0.39, 0.29) is 12.4 Å². The highest BCUT2D eigenvalue weighted by molar-refractivity contribution is 5.85. The SMILES string of the molecule is CCCNCc1ccc(OCc2ccc(C)cc2)cc1.Cl.